The van der Waals surface area contributed by atoms with E-state index in [9.17, 15) is 0 Å². The van der Waals surface area contributed by atoms with Crippen molar-refractivity contribution in [2.45, 2.75) is 13.8 Å². The van der Waals surface area contributed by atoms with Crippen LogP contribution in [0.25, 0.3) is 22.2 Å². The van der Waals surface area contributed by atoms with Crippen LogP contribution in [-0.2, 0) is 0 Å². The van der Waals surface area contributed by atoms with Crippen molar-refractivity contribution >= 4 is 34.1 Å². The lowest BCUT2D eigenvalue weighted by Crippen LogP contribution is -2.15. The predicted octanol–water partition coefficient (Wildman–Crippen LogP) is 5.49. The van der Waals surface area contributed by atoms with Gasteiger partial charge in [0.25, 0.3) is 0 Å². The summed E-state index contributed by atoms with van der Waals surface area (Å²) in [5, 5.41) is 8.49. The van der Waals surface area contributed by atoms with Gasteiger partial charge in [0.15, 0.2) is 0 Å². The molecule has 0 fully saturated rings. The molecule has 0 radical (unpaired) electrons. The maximum atomic E-state index is 6.06. The van der Waals surface area contributed by atoms with Crippen LogP contribution in [0.2, 0.25) is 5.02 Å². The largest absolute Gasteiger partial charge is 0.383 e. The number of anilines is 2. The van der Waals surface area contributed by atoms with Crippen molar-refractivity contribution in [2.24, 2.45) is 0 Å². The number of halogens is 1. The van der Waals surface area contributed by atoms with Gasteiger partial charge in [-0.15, -0.1) is 0 Å². The van der Waals surface area contributed by atoms with Gasteiger partial charge in [0.05, 0.1) is 11.2 Å². The maximum absolute atomic E-state index is 6.06. The molecule has 146 valence electrons. The summed E-state index contributed by atoms with van der Waals surface area (Å²) >= 11 is 6.06. The lowest BCUT2D eigenvalue weighted by atomic mass is 10.1. The Balaban J connectivity index is 1.42. The number of nitrogens with one attached hydrogen (secondary N) is 2. The fourth-order valence-corrected chi connectivity index (χ4v) is 3.33. The maximum Gasteiger partial charge on any atom is 0.223 e. The van der Waals surface area contributed by atoms with E-state index in [0.29, 0.717) is 17.5 Å². The van der Waals surface area contributed by atoms with E-state index in [4.69, 9.17) is 11.6 Å². The number of pyridine rings is 1. The first-order valence-corrected chi connectivity index (χ1v) is 9.91. The lowest BCUT2D eigenvalue weighted by Gasteiger charge is -2.11. The Kier molecular flexibility index (Phi) is 5.58. The molecule has 0 atom stereocenters. The third kappa shape index (κ3) is 4.63. The standard InChI is InChI=1S/C23H22ClN5/c1-15-3-5-17(6-4-15)21-13-16(2)28-23(29-21)27-12-11-26-20-9-10-25-22-14-18(24)7-8-19(20)22/h3-10,13-14H,11-12H2,1-2H3,(H,25,26)(H,27,28,29). The molecule has 2 N–H and O–H groups in total. The fourth-order valence-electron chi connectivity index (χ4n) is 3.17. The predicted molar refractivity (Wildman–Crippen MR) is 121 cm³/mol. The van der Waals surface area contributed by atoms with Gasteiger partial charge < -0.3 is 10.6 Å². The van der Waals surface area contributed by atoms with Gasteiger partial charge in [-0.3, -0.25) is 4.98 Å². The van der Waals surface area contributed by atoms with Gasteiger partial charge in [-0.05, 0) is 44.2 Å². The zero-order valence-electron chi connectivity index (χ0n) is 16.4. The van der Waals surface area contributed by atoms with Crippen LogP contribution >= 0.6 is 11.6 Å². The summed E-state index contributed by atoms with van der Waals surface area (Å²) in [6, 6.07) is 18.1. The molecule has 0 spiro atoms. The third-order valence-corrected chi connectivity index (χ3v) is 4.86. The minimum Gasteiger partial charge on any atom is -0.383 e. The number of nitrogens with zero attached hydrogens (tertiary/aromatic N) is 3. The molecule has 2 aromatic carbocycles. The molecule has 0 amide bonds. The molecule has 0 saturated heterocycles. The Labute approximate surface area is 175 Å². The van der Waals surface area contributed by atoms with Crippen LogP contribution in [0, 0.1) is 13.8 Å². The van der Waals surface area contributed by atoms with Crippen molar-refractivity contribution in [1.82, 2.24) is 15.0 Å². The second kappa shape index (κ2) is 8.45. The van der Waals surface area contributed by atoms with E-state index < -0.39 is 0 Å². The molecule has 0 bridgehead atoms. The average molecular weight is 404 g/mol. The van der Waals surface area contributed by atoms with E-state index in [0.717, 1.165) is 40.1 Å². The van der Waals surface area contributed by atoms with E-state index in [1.165, 1.54) is 5.56 Å². The van der Waals surface area contributed by atoms with Crippen LogP contribution in [-0.4, -0.2) is 28.0 Å². The van der Waals surface area contributed by atoms with Crippen molar-refractivity contribution < 1.29 is 0 Å². The van der Waals surface area contributed by atoms with E-state index in [1.807, 2.05) is 37.3 Å². The number of aromatic nitrogens is 3. The SMILES string of the molecule is Cc1ccc(-c2cc(C)nc(NCCNc3ccnc4cc(Cl)ccc34)n2)cc1. The van der Waals surface area contributed by atoms with Crippen molar-refractivity contribution in [3.8, 4) is 11.3 Å². The van der Waals surface area contributed by atoms with Crippen LogP contribution in [0.4, 0.5) is 11.6 Å². The zero-order chi connectivity index (χ0) is 20.2. The quantitative estimate of drug-likeness (QED) is 0.417. The average Bonchev–Trinajstić information content (AvgIpc) is 2.71. The summed E-state index contributed by atoms with van der Waals surface area (Å²) < 4.78 is 0. The molecule has 4 aromatic rings. The zero-order valence-corrected chi connectivity index (χ0v) is 17.2. The van der Waals surface area contributed by atoms with Crippen LogP contribution < -0.4 is 10.6 Å². The topological polar surface area (TPSA) is 62.7 Å². The molecule has 2 aromatic heterocycles. The number of rotatable bonds is 6. The van der Waals surface area contributed by atoms with Gasteiger partial charge in [0, 0.05) is 46.6 Å². The van der Waals surface area contributed by atoms with Gasteiger partial charge in [0.2, 0.25) is 5.95 Å². The summed E-state index contributed by atoms with van der Waals surface area (Å²) in [7, 11) is 0. The number of benzene rings is 2. The first-order chi connectivity index (χ1) is 14.1. The minimum atomic E-state index is 0.633. The van der Waals surface area contributed by atoms with Crippen LogP contribution in [0.15, 0.2) is 60.8 Å². The molecular formula is C23H22ClN5. The molecular weight excluding hydrogens is 382 g/mol. The molecule has 2 heterocycles. The van der Waals surface area contributed by atoms with Crippen LogP contribution in [0.5, 0.6) is 0 Å². The Morgan fingerprint density at radius 1 is 0.862 bits per heavy atom. The van der Waals surface area contributed by atoms with Crippen molar-refractivity contribution in [2.75, 3.05) is 23.7 Å². The lowest BCUT2D eigenvalue weighted by molar-refractivity contribution is 1.01. The summed E-state index contributed by atoms with van der Waals surface area (Å²) in [6.07, 6.45) is 1.78. The highest BCUT2D eigenvalue weighted by molar-refractivity contribution is 6.31. The molecule has 0 unspecified atom stereocenters. The molecule has 6 heteroatoms. The third-order valence-electron chi connectivity index (χ3n) is 4.63. The van der Waals surface area contributed by atoms with Crippen LogP contribution in [0.1, 0.15) is 11.3 Å². The number of fused-ring (bicyclic) bond motifs is 1. The van der Waals surface area contributed by atoms with Crippen molar-refractivity contribution in [3.05, 3.63) is 77.1 Å². The normalized spacial score (nSPS) is 10.9. The second-order valence-electron chi connectivity index (χ2n) is 6.96. The van der Waals surface area contributed by atoms with E-state index in [2.05, 4.69) is 56.8 Å². The van der Waals surface area contributed by atoms with Gasteiger partial charge in [-0.2, -0.15) is 0 Å². The number of hydrogen-bond acceptors (Lipinski definition) is 5. The minimum absolute atomic E-state index is 0.633. The highest BCUT2D eigenvalue weighted by atomic mass is 35.5. The summed E-state index contributed by atoms with van der Waals surface area (Å²) in [6.45, 7) is 5.47. The number of aryl methyl sites for hydroxylation is 2. The number of hydrogen-bond donors (Lipinski definition) is 2. The Bertz CT molecular complexity index is 1140. The summed E-state index contributed by atoms with van der Waals surface area (Å²) in [5.41, 5.74) is 6.08. The van der Waals surface area contributed by atoms with E-state index in [1.54, 1.807) is 6.20 Å². The Morgan fingerprint density at radius 3 is 2.48 bits per heavy atom. The highest BCUT2D eigenvalue weighted by Gasteiger charge is 2.05. The first-order valence-electron chi connectivity index (χ1n) is 9.53. The Morgan fingerprint density at radius 2 is 1.66 bits per heavy atom. The van der Waals surface area contributed by atoms with Crippen LogP contribution in [0.3, 0.4) is 0 Å². The molecule has 0 aliphatic rings. The summed E-state index contributed by atoms with van der Waals surface area (Å²) in [4.78, 5) is 13.5. The Hall–Kier alpha value is -3.18. The van der Waals surface area contributed by atoms with Gasteiger partial charge >= 0.3 is 0 Å². The first kappa shape index (κ1) is 19.2. The van der Waals surface area contributed by atoms with E-state index in [-0.39, 0.29) is 0 Å². The van der Waals surface area contributed by atoms with Gasteiger partial charge in [0.1, 0.15) is 0 Å². The molecule has 0 saturated carbocycles. The highest BCUT2D eigenvalue weighted by Crippen LogP contribution is 2.24. The molecule has 29 heavy (non-hydrogen) atoms. The smallest absolute Gasteiger partial charge is 0.223 e. The van der Waals surface area contributed by atoms with Gasteiger partial charge in [-0.1, -0.05) is 41.4 Å². The molecule has 4 rings (SSSR count). The van der Waals surface area contributed by atoms with Gasteiger partial charge in [-0.25, -0.2) is 9.97 Å². The van der Waals surface area contributed by atoms with Crippen molar-refractivity contribution in [1.29, 1.82) is 0 Å². The second-order valence-corrected chi connectivity index (χ2v) is 7.39. The monoisotopic (exact) mass is 403 g/mol. The van der Waals surface area contributed by atoms with Crippen molar-refractivity contribution in [3.63, 3.8) is 0 Å². The van der Waals surface area contributed by atoms with E-state index >= 15 is 0 Å². The molecule has 5 nitrogen and oxygen atoms in total. The fraction of sp³-hybridized carbons (Fsp3) is 0.174. The molecule has 0 aliphatic carbocycles. The molecule has 0 aliphatic heterocycles. The summed E-state index contributed by atoms with van der Waals surface area (Å²) in [5.74, 6) is 0.633.